The Morgan fingerprint density at radius 3 is 2.93 bits per heavy atom. The topological polar surface area (TPSA) is 21.3 Å². The van der Waals surface area contributed by atoms with Crippen LogP contribution in [0, 0.1) is 6.92 Å². The average Bonchev–Trinajstić information content (AvgIpc) is 2.30. The van der Waals surface area contributed by atoms with E-state index in [4.69, 9.17) is 4.74 Å². The second kappa shape index (κ2) is 4.90. The number of benzene rings is 1. The van der Waals surface area contributed by atoms with Crippen LogP contribution in [0.5, 0.6) is 5.75 Å². The predicted molar refractivity (Wildman–Crippen MR) is 65.8 cm³/mol. The van der Waals surface area contributed by atoms with Gasteiger partial charge in [0.1, 0.15) is 5.75 Å². The summed E-state index contributed by atoms with van der Waals surface area (Å²) in [5.74, 6) is 2.18. The molecule has 0 amide bonds. The fourth-order valence-electron chi connectivity index (χ4n) is 1.88. The second-order valence-corrected chi connectivity index (χ2v) is 5.10. The van der Waals surface area contributed by atoms with Gasteiger partial charge in [-0.3, -0.25) is 0 Å². The Bertz CT molecular complexity index is 334. The van der Waals surface area contributed by atoms with Crippen LogP contribution in [0.4, 0.5) is 0 Å². The van der Waals surface area contributed by atoms with E-state index in [1.165, 1.54) is 16.9 Å². The van der Waals surface area contributed by atoms with Crippen molar-refractivity contribution >= 4 is 11.8 Å². The van der Waals surface area contributed by atoms with Crippen LogP contribution in [-0.4, -0.2) is 26.0 Å². The maximum Gasteiger partial charge on any atom is 0.121 e. The number of hydrogen-bond donors (Lipinski definition) is 1. The van der Waals surface area contributed by atoms with E-state index in [9.17, 15) is 0 Å². The standard InChI is InChI=1S/C12H17NOS/c1-9-7-10(3-4-11(9)14-2)12-8-13-5-6-15-12/h3-4,7,12-13H,5-6,8H2,1-2H3. The van der Waals surface area contributed by atoms with E-state index in [1.807, 2.05) is 11.8 Å². The lowest BCUT2D eigenvalue weighted by Crippen LogP contribution is -2.28. The van der Waals surface area contributed by atoms with Gasteiger partial charge in [0.25, 0.3) is 0 Å². The molecule has 1 aromatic rings. The highest BCUT2D eigenvalue weighted by molar-refractivity contribution is 7.99. The summed E-state index contributed by atoms with van der Waals surface area (Å²) >= 11 is 2.04. The number of nitrogens with one attached hydrogen (secondary N) is 1. The van der Waals surface area contributed by atoms with Crippen molar-refractivity contribution in [1.29, 1.82) is 0 Å². The van der Waals surface area contributed by atoms with Gasteiger partial charge >= 0.3 is 0 Å². The van der Waals surface area contributed by atoms with Gasteiger partial charge < -0.3 is 10.1 Å². The number of ether oxygens (including phenoxy) is 1. The molecule has 1 fully saturated rings. The van der Waals surface area contributed by atoms with Gasteiger partial charge in [0.2, 0.25) is 0 Å². The van der Waals surface area contributed by atoms with Crippen LogP contribution in [0.3, 0.4) is 0 Å². The zero-order chi connectivity index (χ0) is 10.7. The summed E-state index contributed by atoms with van der Waals surface area (Å²) in [4.78, 5) is 0. The summed E-state index contributed by atoms with van der Waals surface area (Å²) in [7, 11) is 1.72. The second-order valence-electron chi connectivity index (χ2n) is 3.79. The Kier molecular flexibility index (Phi) is 3.54. The molecule has 2 rings (SSSR count). The van der Waals surface area contributed by atoms with Crippen LogP contribution < -0.4 is 10.1 Å². The van der Waals surface area contributed by atoms with Gasteiger partial charge in [-0.15, -0.1) is 0 Å². The molecule has 1 aliphatic rings. The molecule has 1 N–H and O–H groups in total. The number of aryl methyl sites for hydroxylation is 1. The first-order chi connectivity index (χ1) is 7.31. The quantitative estimate of drug-likeness (QED) is 0.832. The monoisotopic (exact) mass is 223 g/mol. The Labute approximate surface area is 95.4 Å². The molecule has 1 heterocycles. The number of rotatable bonds is 2. The van der Waals surface area contributed by atoms with Crippen molar-refractivity contribution in [2.24, 2.45) is 0 Å². The van der Waals surface area contributed by atoms with Gasteiger partial charge in [-0.2, -0.15) is 11.8 Å². The highest BCUT2D eigenvalue weighted by atomic mass is 32.2. The van der Waals surface area contributed by atoms with Gasteiger partial charge in [-0.1, -0.05) is 12.1 Å². The minimum Gasteiger partial charge on any atom is -0.496 e. The summed E-state index contributed by atoms with van der Waals surface area (Å²) in [6, 6.07) is 6.49. The first-order valence-corrected chi connectivity index (χ1v) is 6.33. The molecule has 1 aliphatic heterocycles. The largest absolute Gasteiger partial charge is 0.496 e. The van der Waals surface area contributed by atoms with Gasteiger partial charge in [0, 0.05) is 24.1 Å². The molecule has 1 saturated heterocycles. The molecule has 2 nitrogen and oxygen atoms in total. The van der Waals surface area contributed by atoms with E-state index >= 15 is 0 Å². The van der Waals surface area contributed by atoms with E-state index in [0.29, 0.717) is 5.25 Å². The molecule has 1 atom stereocenters. The molecule has 0 aliphatic carbocycles. The third-order valence-electron chi connectivity index (χ3n) is 2.72. The lowest BCUT2D eigenvalue weighted by Gasteiger charge is -2.23. The van der Waals surface area contributed by atoms with Crippen LogP contribution in [0.15, 0.2) is 18.2 Å². The van der Waals surface area contributed by atoms with Gasteiger partial charge in [0.15, 0.2) is 0 Å². The average molecular weight is 223 g/mol. The van der Waals surface area contributed by atoms with Crippen molar-refractivity contribution in [3.63, 3.8) is 0 Å². The fourth-order valence-corrected chi connectivity index (χ4v) is 3.00. The Morgan fingerprint density at radius 1 is 1.47 bits per heavy atom. The Morgan fingerprint density at radius 2 is 2.33 bits per heavy atom. The van der Waals surface area contributed by atoms with Crippen molar-refractivity contribution in [3.05, 3.63) is 29.3 Å². The van der Waals surface area contributed by atoms with E-state index < -0.39 is 0 Å². The highest BCUT2D eigenvalue weighted by Gasteiger charge is 2.16. The molecule has 0 saturated carbocycles. The maximum absolute atomic E-state index is 5.26. The minimum absolute atomic E-state index is 0.600. The lowest BCUT2D eigenvalue weighted by atomic mass is 10.1. The summed E-state index contributed by atoms with van der Waals surface area (Å²) < 4.78 is 5.26. The SMILES string of the molecule is COc1ccc(C2CNCCS2)cc1C. The summed E-state index contributed by atoms with van der Waals surface area (Å²) in [5.41, 5.74) is 2.63. The molecular weight excluding hydrogens is 206 g/mol. The van der Waals surface area contributed by atoms with E-state index in [1.54, 1.807) is 7.11 Å². The first kappa shape index (κ1) is 10.8. The third-order valence-corrected chi connectivity index (χ3v) is 4.00. The molecule has 15 heavy (non-hydrogen) atoms. The normalized spacial score (nSPS) is 21.3. The molecule has 1 aromatic carbocycles. The zero-order valence-corrected chi connectivity index (χ0v) is 10.1. The predicted octanol–water partition coefficient (Wildman–Crippen LogP) is 2.38. The van der Waals surface area contributed by atoms with Gasteiger partial charge in [0.05, 0.1) is 7.11 Å². The van der Waals surface area contributed by atoms with Crippen LogP contribution in [-0.2, 0) is 0 Å². The van der Waals surface area contributed by atoms with Gasteiger partial charge in [-0.05, 0) is 24.1 Å². The lowest BCUT2D eigenvalue weighted by molar-refractivity contribution is 0.411. The zero-order valence-electron chi connectivity index (χ0n) is 9.25. The molecular formula is C12H17NOS. The number of methoxy groups -OCH3 is 1. The molecule has 82 valence electrons. The van der Waals surface area contributed by atoms with Crippen molar-refractivity contribution in [3.8, 4) is 5.75 Å². The summed E-state index contributed by atoms with van der Waals surface area (Å²) in [5, 5.41) is 4.03. The summed E-state index contributed by atoms with van der Waals surface area (Å²) in [6.07, 6.45) is 0. The van der Waals surface area contributed by atoms with Crippen molar-refractivity contribution in [1.82, 2.24) is 5.32 Å². The molecule has 0 aromatic heterocycles. The first-order valence-electron chi connectivity index (χ1n) is 5.28. The number of thioether (sulfide) groups is 1. The number of hydrogen-bond acceptors (Lipinski definition) is 3. The Hall–Kier alpha value is -0.670. The molecule has 3 heteroatoms. The van der Waals surface area contributed by atoms with Crippen molar-refractivity contribution < 1.29 is 4.74 Å². The van der Waals surface area contributed by atoms with Crippen LogP contribution in [0.1, 0.15) is 16.4 Å². The van der Waals surface area contributed by atoms with E-state index in [-0.39, 0.29) is 0 Å². The maximum atomic E-state index is 5.26. The van der Waals surface area contributed by atoms with Crippen LogP contribution in [0.25, 0.3) is 0 Å². The molecule has 0 spiro atoms. The molecule has 0 bridgehead atoms. The van der Waals surface area contributed by atoms with Crippen LogP contribution >= 0.6 is 11.8 Å². The molecule has 1 unspecified atom stereocenters. The third kappa shape index (κ3) is 2.47. The van der Waals surface area contributed by atoms with Crippen LogP contribution in [0.2, 0.25) is 0 Å². The van der Waals surface area contributed by atoms with Crippen molar-refractivity contribution in [2.45, 2.75) is 12.2 Å². The van der Waals surface area contributed by atoms with E-state index in [0.717, 1.165) is 18.8 Å². The molecule has 0 radical (unpaired) electrons. The smallest absolute Gasteiger partial charge is 0.121 e. The minimum atomic E-state index is 0.600. The fraction of sp³-hybridized carbons (Fsp3) is 0.500. The highest BCUT2D eigenvalue weighted by Crippen LogP contribution is 2.32. The van der Waals surface area contributed by atoms with Crippen molar-refractivity contribution in [2.75, 3.05) is 26.0 Å². The van der Waals surface area contributed by atoms with E-state index in [2.05, 4.69) is 30.4 Å². The van der Waals surface area contributed by atoms with Gasteiger partial charge in [-0.25, -0.2) is 0 Å². The summed E-state index contributed by atoms with van der Waals surface area (Å²) in [6.45, 7) is 4.32. The Balaban J connectivity index is 2.17.